The lowest BCUT2D eigenvalue weighted by molar-refractivity contribution is -0.0824. The smallest absolute Gasteiger partial charge is 0.280 e. The van der Waals surface area contributed by atoms with Crippen LogP contribution in [-0.4, -0.2) is 24.8 Å². The van der Waals surface area contributed by atoms with Crippen molar-refractivity contribution in [3.63, 3.8) is 0 Å². The third kappa shape index (κ3) is 9.63. The minimum atomic E-state index is -3.35. The van der Waals surface area contributed by atoms with Crippen LogP contribution in [0.3, 0.4) is 0 Å². The van der Waals surface area contributed by atoms with Crippen LogP contribution in [0.5, 0.6) is 5.75 Å². The summed E-state index contributed by atoms with van der Waals surface area (Å²) in [7, 11) is 0. The van der Waals surface area contributed by atoms with Crippen molar-refractivity contribution < 1.29 is 31.4 Å². The van der Waals surface area contributed by atoms with Crippen molar-refractivity contribution in [1.29, 1.82) is 0 Å². The minimum Gasteiger partial charge on any atom is -0.490 e. The maximum absolute atomic E-state index is 15.5. The molecule has 1 heterocycles. The molecule has 0 radical (unpaired) electrons. The Morgan fingerprint density at radius 3 is 2.19 bits per heavy atom. The van der Waals surface area contributed by atoms with Gasteiger partial charge in [-0.1, -0.05) is 77.6 Å². The molecule has 0 N–H and O–H groups in total. The summed E-state index contributed by atoms with van der Waals surface area (Å²) in [5, 5.41) is 0. The highest BCUT2D eigenvalue weighted by atomic mass is 19.3. The molecule has 3 nitrogen and oxygen atoms in total. The number of pyridine rings is 1. The first-order chi connectivity index (χ1) is 20.8. The summed E-state index contributed by atoms with van der Waals surface area (Å²) in [5.74, 6) is -7.34. The second-order valence-electron chi connectivity index (χ2n) is 12.4. The number of hydrogen-bond acceptors (Lipinski definition) is 3. The van der Waals surface area contributed by atoms with Gasteiger partial charge in [0.05, 0.1) is 17.9 Å². The molecule has 0 amide bonds. The molecule has 0 aliphatic heterocycles. The lowest BCUT2D eigenvalue weighted by atomic mass is 9.78. The molecule has 1 unspecified atom stereocenters. The fourth-order valence-corrected chi connectivity index (χ4v) is 6.08. The molecule has 0 spiro atoms. The Labute approximate surface area is 254 Å². The Balaban J connectivity index is 1.28. The normalized spacial score (nSPS) is 17.7. The van der Waals surface area contributed by atoms with Crippen molar-refractivity contribution >= 4 is 0 Å². The first-order valence-corrected chi connectivity index (χ1v) is 16.6. The van der Waals surface area contributed by atoms with Crippen molar-refractivity contribution in [1.82, 2.24) is 4.98 Å². The highest BCUT2D eigenvalue weighted by Gasteiger charge is 2.48. The number of hydrogen-bond donors (Lipinski definition) is 0. The number of rotatable bonds is 20. The molecule has 240 valence electrons. The van der Waals surface area contributed by atoms with Crippen LogP contribution in [0, 0.1) is 29.4 Å². The number of unbranched alkanes of at least 4 members (excludes halogenated alkanes) is 8. The van der Waals surface area contributed by atoms with Gasteiger partial charge in [-0.2, -0.15) is 8.78 Å². The molecule has 43 heavy (non-hydrogen) atoms. The van der Waals surface area contributed by atoms with Gasteiger partial charge in [0.1, 0.15) is 0 Å². The van der Waals surface area contributed by atoms with E-state index < -0.39 is 35.0 Å². The highest BCUT2D eigenvalue weighted by Crippen LogP contribution is 2.48. The SMILES string of the molecule is CCCCOCCCCOc1ccc(-c2cc3c(c(F)n2)C(F)(F)C(CCCCCCCCCC2CC2)CC3)c(F)c1F. The Kier molecular flexibility index (Phi) is 13.1. The van der Waals surface area contributed by atoms with E-state index in [1.807, 2.05) is 0 Å². The number of benzene rings is 1. The topological polar surface area (TPSA) is 31.4 Å². The number of alkyl halides is 2. The third-order valence-corrected chi connectivity index (χ3v) is 8.93. The fraction of sp³-hybridized carbons (Fsp3) is 0.686. The van der Waals surface area contributed by atoms with Gasteiger partial charge in [-0.25, -0.2) is 18.2 Å². The van der Waals surface area contributed by atoms with Crippen LogP contribution in [0.1, 0.15) is 121 Å². The number of aryl methyl sites for hydroxylation is 1. The molecule has 8 heteroatoms. The van der Waals surface area contributed by atoms with Crippen molar-refractivity contribution in [3.8, 4) is 17.0 Å². The summed E-state index contributed by atoms with van der Waals surface area (Å²) in [6, 6.07) is 3.80. The largest absolute Gasteiger partial charge is 0.490 e. The second kappa shape index (κ2) is 16.7. The summed E-state index contributed by atoms with van der Waals surface area (Å²) in [6.45, 7) is 3.56. The average Bonchev–Trinajstić information content (AvgIpc) is 3.81. The Bertz CT molecular complexity index is 1150. The van der Waals surface area contributed by atoms with Crippen LogP contribution in [0.4, 0.5) is 22.0 Å². The quantitative estimate of drug-likeness (QED) is 0.0850. The van der Waals surface area contributed by atoms with E-state index in [2.05, 4.69) is 11.9 Å². The van der Waals surface area contributed by atoms with Gasteiger partial charge in [-0.15, -0.1) is 0 Å². The summed E-state index contributed by atoms with van der Waals surface area (Å²) in [5.41, 5.74) is -1.07. The predicted molar refractivity (Wildman–Crippen MR) is 160 cm³/mol. The van der Waals surface area contributed by atoms with Crippen molar-refractivity contribution in [2.24, 2.45) is 11.8 Å². The lowest BCUT2D eigenvalue weighted by Crippen LogP contribution is -2.33. The van der Waals surface area contributed by atoms with Gasteiger partial charge in [-0.3, -0.25) is 0 Å². The van der Waals surface area contributed by atoms with Gasteiger partial charge in [0, 0.05) is 24.7 Å². The summed E-state index contributed by atoms with van der Waals surface area (Å²) < 4.78 is 86.7. The molecular formula is C35H48F5NO2. The molecule has 1 aromatic heterocycles. The molecule has 2 aliphatic carbocycles. The van der Waals surface area contributed by atoms with E-state index in [0.29, 0.717) is 32.5 Å². The fourth-order valence-electron chi connectivity index (χ4n) is 6.08. The summed E-state index contributed by atoms with van der Waals surface area (Å²) in [6.07, 6.45) is 15.9. The van der Waals surface area contributed by atoms with E-state index in [0.717, 1.165) is 44.4 Å². The van der Waals surface area contributed by atoms with Crippen LogP contribution in [0.15, 0.2) is 18.2 Å². The number of nitrogens with zero attached hydrogens (tertiary/aromatic N) is 1. The minimum absolute atomic E-state index is 0.108. The maximum atomic E-state index is 15.5. The van der Waals surface area contributed by atoms with Crippen molar-refractivity contribution in [3.05, 3.63) is 46.9 Å². The summed E-state index contributed by atoms with van der Waals surface area (Å²) >= 11 is 0. The Morgan fingerprint density at radius 1 is 0.791 bits per heavy atom. The van der Waals surface area contributed by atoms with E-state index >= 15 is 17.6 Å². The zero-order valence-electron chi connectivity index (χ0n) is 25.7. The number of fused-ring (bicyclic) bond motifs is 1. The summed E-state index contributed by atoms with van der Waals surface area (Å²) in [4.78, 5) is 3.69. The van der Waals surface area contributed by atoms with Crippen LogP contribution < -0.4 is 4.74 Å². The van der Waals surface area contributed by atoms with E-state index in [-0.39, 0.29) is 42.0 Å². The molecule has 2 aromatic rings. The molecule has 4 rings (SSSR count). The predicted octanol–water partition coefficient (Wildman–Crippen LogP) is 10.7. The number of aromatic nitrogens is 1. The maximum Gasteiger partial charge on any atom is 0.280 e. The van der Waals surface area contributed by atoms with Crippen molar-refractivity contribution in [2.75, 3.05) is 19.8 Å². The van der Waals surface area contributed by atoms with Gasteiger partial charge in [0.15, 0.2) is 11.6 Å². The van der Waals surface area contributed by atoms with Crippen molar-refractivity contribution in [2.45, 2.75) is 122 Å². The molecule has 1 fully saturated rings. The van der Waals surface area contributed by atoms with Crippen LogP contribution in [-0.2, 0) is 17.1 Å². The average molecular weight is 610 g/mol. The zero-order valence-corrected chi connectivity index (χ0v) is 25.7. The Hall–Kier alpha value is -2.22. The third-order valence-electron chi connectivity index (χ3n) is 8.93. The lowest BCUT2D eigenvalue weighted by Gasteiger charge is -2.33. The first-order valence-electron chi connectivity index (χ1n) is 16.6. The number of ether oxygens (including phenoxy) is 2. The van der Waals surface area contributed by atoms with Crippen LogP contribution >= 0.6 is 0 Å². The molecular weight excluding hydrogens is 561 g/mol. The van der Waals surface area contributed by atoms with Crippen LogP contribution in [0.25, 0.3) is 11.3 Å². The highest BCUT2D eigenvalue weighted by molar-refractivity contribution is 5.63. The zero-order chi connectivity index (χ0) is 30.7. The molecule has 0 bridgehead atoms. The van der Waals surface area contributed by atoms with Crippen LogP contribution in [0.2, 0.25) is 0 Å². The Morgan fingerprint density at radius 2 is 1.47 bits per heavy atom. The van der Waals surface area contributed by atoms with Gasteiger partial charge in [0.25, 0.3) is 5.92 Å². The molecule has 1 saturated carbocycles. The van der Waals surface area contributed by atoms with E-state index in [1.165, 1.54) is 56.7 Å². The second-order valence-corrected chi connectivity index (χ2v) is 12.4. The van der Waals surface area contributed by atoms with Gasteiger partial charge >= 0.3 is 0 Å². The van der Waals surface area contributed by atoms with E-state index in [1.54, 1.807) is 0 Å². The van der Waals surface area contributed by atoms with E-state index in [4.69, 9.17) is 9.47 Å². The molecule has 2 aliphatic rings. The molecule has 0 saturated heterocycles. The molecule has 1 atom stereocenters. The van der Waals surface area contributed by atoms with E-state index in [9.17, 15) is 4.39 Å². The molecule has 1 aromatic carbocycles. The standard InChI is InChI=1S/C35H48F5NO2/c1-2-3-21-42-22-11-12-23-43-30-20-19-28(32(36)33(30)37)29-24-26-17-18-27(35(39,40)31(26)34(38)41-29)14-10-8-6-4-5-7-9-13-25-15-16-25/h19-20,24-25,27H,2-18,21-23H2,1H3. The number of halogens is 5. The monoisotopic (exact) mass is 609 g/mol. The van der Waals surface area contributed by atoms with Gasteiger partial charge in [-0.05, 0) is 68.2 Å². The first kappa shape index (κ1) is 33.7. The van der Waals surface area contributed by atoms with Gasteiger partial charge in [0.2, 0.25) is 11.8 Å². The van der Waals surface area contributed by atoms with Gasteiger partial charge < -0.3 is 9.47 Å².